The number of aromatic nitrogens is 2. The summed E-state index contributed by atoms with van der Waals surface area (Å²) in [6.45, 7) is 0.186. The molecule has 0 bridgehead atoms. The van der Waals surface area contributed by atoms with E-state index in [4.69, 9.17) is 9.47 Å². The van der Waals surface area contributed by atoms with Crippen molar-refractivity contribution in [2.75, 3.05) is 13.0 Å². The normalized spacial score (nSPS) is 14.3. The summed E-state index contributed by atoms with van der Waals surface area (Å²) in [5.41, 5.74) is -0.322. The van der Waals surface area contributed by atoms with E-state index in [-0.39, 0.29) is 29.7 Å². The molecule has 1 aliphatic rings. The van der Waals surface area contributed by atoms with Gasteiger partial charge in [0, 0.05) is 6.07 Å². The summed E-state index contributed by atoms with van der Waals surface area (Å²) >= 11 is 2.14. The van der Waals surface area contributed by atoms with Crippen molar-refractivity contribution >= 4 is 53.1 Å². The van der Waals surface area contributed by atoms with Crippen LogP contribution in [0.5, 0.6) is 11.5 Å². The lowest BCUT2D eigenvalue weighted by Gasteiger charge is -2.46. The fraction of sp³-hybridized carbons (Fsp3) is 0.0714. The molecule has 0 saturated heterocycles. The molecule has 0 spiro atoms. The monoisotopic (exact) mass is 656 g/mol. The van der Waals surface area contributed by atoms with Crippen LogP contribution < -0.4 is 20.6 Å². The Morgan fingerprint density at radius 3 is 1.77 bits per heavy atom. The lowest BCUT2D eigenvalue weighted by Crippen LogP contribution is -2.14. The summed E-state index contributed by atoms with van der Waals surface area (Å²) in [4.78, 5) is 23.1. The molecule has 0 amide bonds. The predicted octanol–water partition coefficient (Wildman–Crippen LogP) is 8.51. The first-order valence-corrected chi connectivity index (χ1v) is 16.2. The lowest BCUT2D eigenvalue weighted by molar-refractivity contribution is 0.174. The number of halogens is 6. The van der Waals surface area contributed by atoms with E-state index in [0.717, 1.165) is 38.4 Å². The molecule has 1 aliphatic heterocycles. The molecule has 4 aromatic carbocycles. The maximum Gasteiger partial charge on any atom is 0.273 e. The number of nitrogens with zero attached hydrogens (tertiary/aromatic N) is 2. The van der Waals surface area contributed by atoms with Crippen LogP contribution in [0.2, 0.25) is 0 Å². The molecule has 7 rings (SSSR count). The van der Waals surface area contributed by atoms with Crippen LogP contribution in [0.3, 0.4) is 0 Å². The summed E-state index contributed by atoms with van der Waals surface area (Å²) < 4.78 is 94.8. The van der Waals surface area contributed by atoms with Gasteiger partial charge in [0.15, 0.2) is 21.3 Å². The summed E-state index contributed by atoms with van der Waals surface area (Å²) in [6, 6.07) is 16.6. The first kappa shape index (κ1) is 28.9. The molecule has 43 heavy (non-hydrogen) atoms. The van der Waals surface area contributed by atoms with Crippen LogP contribution in [0.15, 0.2) is 93.3 Å². The summed E-state index contributed by atoms with van der Waals surface area (Å²) in [5, 5.41) is 0.441. The Labute approximate surface area is 246 Å². The smallest absolute Gasteiger partial charge is 0.273 e. The van der Waals surface area contributed by atoms with Gasteiger partial charge in [0.2, 0.25) is 6.79 Å². The molecular weight excluding hydrogens is 639 g/mol. The van der Waals surface area contributed by atoms with E-state index >= 15 is 0 Å². The fourth-order valence-electron chi connectivity index (χ4n) is 4.28. The Kier molecular flexibility index (Phi) is 6.31. The molecule has 0 radical (unpaired) electrons. The number of fused-ring (bicyclic) bond motifs is 3. The molecule has 0 aliphatic carbocycles. The average molecular weight is 657 g/mol. The van der Waals surface area contributed by atoms with Crippen molar-refractivity contribution in [3.63, 3.8) is 0 Å². The SMILES string of the molecule is CS(F)(F)(F)(F)c1cccc(-n2sc3ccc(F)cc3c2=O)c1.O=c1c2cc(F)ccc2sn1-c1ccc2c(c1)OCO2. The third kappa shape index (κ3) is 5.62. The minimum Gasteiger partial charge on any atom is -0.454 e. The highest BCUT2D eigenvalue weighted by molar-refractivity contribution is 8.49. The van der Waals surface area contributed by atoms with E-state index in [2.05, 4.69) is 0 Å². The quantitative estimate of drug-likeness (QED) is 0.179. The van der Waals surface area contributed by atoms with Crippen LogP contribution in [0.4, 0.5) is 24.3 Å². The van der Waals surface area contributed by atoms with Crippen LogP contribution in [-0.2, 0) is 0 Å². The van der Waals surface area contributed by atoms with Gasteiger partial charge < -0.3 is 9.47 Å². The molecule has 0 saturated carbocycles. The molecule has 0 unspecified atom stereocenters. The number of hydrogen-bond donors (Lipinski definition) is 0. The highest BCUT2D eigenvalue weighted by Crippen LogP contribution is 2.98. The number of rotatable bonds is 3. The van der Waals surface area contributed by atoms with Crippen molar-refractivity contribution in [1.82, 2.24) is 7.91 Å². The van der Waals surface area contributed by atoms with Crippen LogP contribution in [0, 0.1) is 11.6 Å². The summed E-state index contributed by atoms with van der Waals surface area (Å²) in [5.74, 6) is 0.238. The van der Waals surface area contributed by atoms with Gasteiger partial charge in [-0.2, -0.15) is 0 Å². The summed E-state index contributed by atoms with van der Waals surface area (Å²) in [6.07, 6.45) is -0.373. The maximum absolute atomic E-state index is 13.5. The molecule has 2 aromatic heterocycles. The highest BCUT2D eigenvalue weighted by atomic mass is 32.5. The topological polar surface area (TPSA) is 62.5 Å². The Bertz CT molecular complexity index is 2190. The third-order valence-electron chi connectivity index (χ3n) is 6.33. The van der Waals surface area contributed by atoms with Crippen LogP contribution in [0.1, 0.15) is 0 Å². The lowest BCUT2D eigenvalue weighted by atomic mass is 10.2. The van der Waals surface area contributed by atoms with E-state index in [1.54, 1.807) is 24.3 Å². The molecule has 0 atom stereocenters. The van der Waals surface area contributed by atoms with Gasteiger partial charge in [0.1, 0.15) is 11.6 Å². The fourth-order valence-corrected chi connectivity index (χ4v) is 7.05. The van der Waals surface area contributed by atoms with Gasteiger partial charge in [0.25, 0.3) is 11.1 Å². The standard InChI is InChI=1S/C14H10F5NOS2.C14H8FNO3S/c1-23(16,17,18,19)11-4-2-3-10(8-11)20-14(21)12-7-9(15)5-6-13(12)22-20;15-8-1-4-13-10(5-8)14(17)16(20-13)9-2-3-11-12(6-9)19-7-18-11/h2-8H,1H3;1-6H,7H2. The van der Waals surface area contributed by atoms with Crippen molar-refractivity contribution in [3.05, 3.63) is 111 Å². The second-order valence-electron chi connectivity index (χ2n) is 9.68. The van der Waals surface area contributed by atoms with Gasteiger partial charge in [-0.05, 0) is 66.7 Å². The van der Waals surface area contributed by atoms with E-state index in [9.17, 15) is 33.9 Å². The van der Waals surface area contributed by atoms with Crippen LogP contribution >= 0.6 is 32.9 Å². The number of hydrogen-bond acceptors (Lipinski definition) is 6. The minimum absolute atomic E-state index is 0.0593. The Morgan fingerprint density at radius 1 is 0.674 bits per heavy atom. The van der Waals surface area contributed by atoms with Crippen molar-refractivity contribution < 1.29 is 33.8 Å². The zero-order chi connectivity index (χ0) is 30.8. The van der Waals surface area contributed by atoms with Crippen LogP contribution in [0.25, 0.3) is 31.5 Å². The zero-order valence-corrected chi connectivity index (χ0v) is 24.2. The second kappa shape index (κ2) is 9.39. The Morgan fingerprint density at radius 2 is 1.21 bits per heavy atom. The Hall–Kier alpha value is -4.21. The molecule has 3 heterocycles. The maximum atomic E-state index is 13.5. The van der Waals surface area contributed by atoms with Gasteiger partial charge in [0.05, 0.1) is 42.7 Å². The van der Waals surface area contributed by atoms with Gasteiger partial charge >= 0.3 is 0 Å². The number of benzene rings is 4. The third-order valence-corrected chi connectivity index (χ3v) is 9.99. The molecular formula is C28H18F6N2O4S3. The van der Waals surface area contributed by atoms with E-state index in [1.807, 2.05) is 0 Å². The van der Waals surface area contributed by atoms with Crippen molar-refractivity contribution in [1.29, 1.82) is 0 Å². The van der Waals surface area contributed by atoms with Gasteiger partial charge in [-0.25, -0.2) is 16.7 Å². The van der Waals surface area contributed by atoms with Gasteiger partial charge in [-0.1, -0.05) is 29.1 Å². The predicted molar refractivity (Wildman–Crippen MR) is 157 cm³/mol. The van der Waals surface area contributed by atoms with E-state index in [0.29, 0.717) is 39.4 Å². The zero-order valence-electron chi connectivity index (χ0n) is 21.7. The molecule has 0 fully saturated rings. The van der Waals surface area contributed by atoms with Crippen molar-refractivity contribution in [3.8, 4) is 22.9 Å². The van der Waals surface area contributed by atoms with Crippen molar-refractivity contribution in [2.24, 2.45) is 0 Å². The van der Waals surface area contributed by atoms with Gasteiger partial charge in [-0.3, -0.25) is 9.59 Å². The summed E-state index contributed by atoms with van der Waals surface area (Å²) in [7, 11) is -8.35. The largest absolute Gasteiger partial charge is 0.454 e. The first-order valence-electron chi connectivity index (χ1n) is 12.2. The second-order valence-corrected chi connectivity index (χ2v) is 15.1. The van der Waals surface area contributed by atoms with Crippen molar-refractivity contribution in [2.45, 2.75) is 4.90 Å². The molecule has 0 N–H and O–H groups in total. The van der Waals surface area contributed by atoms with Crippen LogP contribution in [-0.4, -0.2) is 21.0 Å². The van der Waals surface area contributed by atoms with E-state index < -0.39 is 31.9 Å². The Balaban J connectivity index is 0.000000154. The molecule has 6 aromatic rings. The minimum atomic E-state index is -8.35. The van der Waals surface area contributed by atoms with Gasteiger partial charge in [-0.15, -0.1) is 15.5 Å². The van der Waals surface area contributed by atoms with E-state index in [1.165, 1.54) is 39.8 Å². The molecule has 15 heteroatoms. The first-order chi connectivity index (χ1) is 20.1. The highest BCUT2D eigenvalue weighted by Gasteiger charge is 2.59. The molecule has 6 nitrogen and oxygen atoms in total. The molecule has 224 valence electrons. The average Bonchev–Trinajstić information content (AvgIpc) is 3.63. The number of ether oxygens (including phenoxy) is 2.